The average Bonchev–Trinajstić information content (AvgIpc) is 2.39. The van der Waals surface area contributed by atoms with Crippen molar-refractivity contribution in [2.24, 2.45) is 0 Å². The maximum atomic E-state index is 11.1. The molecule has 0 aliphatic carbocycles. The lowest BCUT2D eigenvalue weighted by Gasteiger charge is -2.41. The Morgan fingerprint density at radius 3 is 2.45 bits per heavy atom. The molecule has 1 aromatic carbocycles. The summed E-state index contributed by atoms with van der Waals surface area (Å²) in [5.41, 5.74) is 0. The van der Waals surface area contributed by atoms with Gasteiger partial charge in [-0.1, -0.05) is 54.7 Å². The third-order valence-corrected chi connectivity index (χ3v) is 8.68. The maximum absolute atomic E-state index is 11.1. The molecule has 0 saturated heterocycles. The second-order valence-corrected chi connectivity index (χ2v) is 10.5. The molecule has 0 radical (unpaired) electrons. The highest BCUT2D eigenvalue weighted by molar-refractivity contribution is 6.92. The number of hydrogen-bond donors (Lipinski definition) is 2. The van der Waals surface area contributed by atoms with Crippen LogP contribution in [0.4, 0.5) is 0 Å². The molecule has 0 aliphatic heterocycles. The number of carboxylic acid groups (broad SMARTS) is 1. The normalized spacial score (nSPS) is 14.6. The monoisotopic (exact) mass is 292 g/mol. The second kappa shape index (κ2) is 6.86. The van der Waals surface area contributed by atoms with Crippen molar-refractivity contribution >= 4 is 19.2 Å². The molecule has 0 saturated carbocycles. The Balaban J connectivity index is 2.97. The van der Waals surface area contributed by atoms with Crippen LogP contribution in [-0.4, -0.2) is 29.5 Å². The Bertz CT molecular complexity index is 456. The first-order chi connectivity index (χ1) is 9.33. The number of hydrogen-bond acceptors (Lipinski definition) is 2. The zero-order valence-corrected chi connectivity index (χ0v) is 13.3. The number of rotatable bonds is 8. The van der Waals surface area contributed by atoms with Crippen molar-refractivity contribution in [1.29, 1.82) is 0 Å². The van der Waals surface area contributed by atoms with Gasteiger partial charge in [0.25, 0.3) is 0 Å². The van der Waals surface area contributed by atoms with E-state index < -0.39 is 19.3 Å². The molecular weight excluding hydrogens is 268 g/mol. The number of carbonyl (C=O) groups is 1. The first kappa shape index (κ1) is 16.7. The molecule has 0 amide bonds. The summed E-state index contributed by atoms with van der Waals surface area (Å²) in [5.74, 6) is -0.815. The van der Waals surface area contributed by atoms with Gasteiger partial charge in [0.05, 0.1) is 5.22 Å². The van der Waals surface area contributed by atoms with Crippen molar-refractivity contribution < 1.29 is 15.0 Å². The summed E-state index contributed by atoms with van der Waals surface area (Å²) in [6.45, 7) is 8.01. The SMILES string of the molecule is C=CCC(O)(CCCC(=O)O)[Si](C)(C)c1ccccc1. The van der Waals surface area contributed by atoms with E-state index >= 15 is 0 Å². The summed E-state index contributed by atoms with van der Waals surface area (Å²) in [7, 11) is -2.13. The van der Waals surface area contributed by atoms with Crippen LogP contribution in [0.1, 0.15) is 25.7 Å². The van der Waals surface area contributed by atoms with E-state index in [2.05, 4.69) is 31.8 Å². The molecule has 0 heterocycles. The predicted molar refractivity (Wildman–Crippen MR) is 84.8 cm³/mol. The second-order valence-electron chi connectivity index (χ2n) is 5.76. The molecule has 0 fully saturated rings. The first-order valence-corrected chi connectivity index (χ1v) is 9.94. The van der Waals surface area contributed by atoms with Crippen molar-refractivity contribution in [2.75, 3.05) is 0 Å². The molecule has 0 spiro atoms. The van der Waals surface area contributed by atoms with Gasteiger partial charge in [0.1, 0.15) is 8.07 Å². The standard InChI is InChI=1S/C16H24O3Si/c1-4-12-16(19,13-8-11-15(17)18)20(2,3)14-9-6-5-7-10-14/h4-7,9-10,19H,1,8,11-13H2,2-3H3,(H,17,18). The lowest BCUT2D eigenvalue weighted by atomic mass is 10.1. The zero-order chi connectivity index (χ0) is 15.2. The van der Waals surface area contributed by atoms with E-state index in [0.29, 0.717) is 19.3 Å². The summed E-state index contributed by atoms with van der Waals surface area (Å²) in [5, 5.41) is 20.2. The number of aliphatic hydroxyl groups is 1. The van der Waals surface area contributed by atoms with E-state index in [-0.39, 0.29) is 6.42 Å². The fourth-order valence-electron chi connectivity index (χ4n) is 2.56. The van der Waals surface area contributed by atoms with Gasteiger partial charge in [-0.15, -0.1) is 6.58 Å². The van der Waals surface area contributed by atoms with E-state index in [1.807, 2.05) is 18.2 Å². The highest BCUT2D eigenvalue weighted by atomic mass is 28.3. The van der Waals surface area contributed by atoms with Crippen LogP contribution >= 0.6 is 0 Å². The lowest BCUT2D eigenvalue weighted by Crippen LogP contribution is -2.62. The first-order valence-electron chi connectivity index (χ1n) is 6.94. The fraction of sp³-hybridized carbons (Fsp3) is 0.438. The molecular formula is C16H24O3Si. The van der Waals surface area contributed by atoms with Crippen molar-refractivity contribution in [3.63, 3.8) is 0 Å². The van der Waals surface area contributed by atoms with Crippen LogP contribution in [0, 0.1) is 0 Å². The molecule has 0 bridgehead atoms. The molecule has 0 aromatic heterocycles. The minimum absolute atomic E-state index is 0.0960. The van der Waals surface area contributed by atoms with Crippen LogP contribution in [0.15, 0.2) is 43.0 Å². The van der Waals surface area contributed by atoms with E-state index in [1.165, 1.54) is 5.19 Å². The van der Waals surface area contributed by atoms with Gasteiger partial charge >= 0.3 is 5.97 Å². The van der Waals surface area contributed by atoms with E-state index in [9.17, 15) is 9.90 Å². The maximum Gasteiger partial charge on any atom is 0.303 e. The summed E-state index contributed by atoms with van der Waals surface area (Å²) in [6, 6.07) is 10.0. The summed E-state index contributed by atoms with van der Waals surface area (Å²) in [4.78, 5) is 10.7. The third-order valence-electron chi connectivity index (χ3n) is 4.12. The van der Waals surface area contributed by atoms with Gasteiger partial charge in [-0.3, -0.25) is 4.79 Å². The van der Waals surface area contributed by atoms with Crippen molar-refractivity contribution in [1.82, 2.24) is 0 Å². The average molecular weight is 292 g/mol. The van der Waals surface area contributed by atoms with Gasteiger partial charge in [-0.2, -0.15) is 0 Å². The molecule has 1 rings (SSSR count). The number of carboxylic acids is 1. The molecule has 20 heavy (non-hydrogen) atoms. The van der Waals surface area contributed by atoms with Crippen LogP contribution < -0.4 is 5.19 Å². The Hall–Kier alpha value is -1.39. The van der Waals surface area contributed by atoms with Gasteiger partial charge in [0.2, 0.25) is 0 Å². The summed E-state index contributed by atoms with van der Waals surface area (Å²) in [6.07, 6.45) is 3.32. The van der Waals surface area contributed by atoms with Gasteiger partial charge < -0.3 is 10.2 Å². The highest BCUT2D eigenvalue weighted by Gasteiger charge is 2.45. The van der Waals surface area contributed by atoms with Gasteiger partial charge in [-0.05, 0) is 19.3 Å². The Kier molecular flexibility index (Phi) is 5.71. The molecule has 0 aliphatic rings. The minimum atomic E-state index is -2.13. The van der Waals surface area contributed by atoms with E-state index in [0.717, 1.165) is 0 Å². The molecule has 2 N–H and O–H groups in total. The zero-order valence-electron chi connectivity index (χ0n) is 12.3. The lowest BCUT2D eigenvalue weighted by molar-refractivity contribution is -0.137. The Morgan fingerprint density at radius 2 is 1.95 bits per heavy atom. The third kappa shape index (κ3) is 3.80. The molecule has 110 valence electrons. The smallest absolute Gasteiger partial charge is 0.303 e. The number of benzene rings is 1. The fourth-order valence-corrected chi connectivity index (χ4v) is 5.58. The van der Waals surface area contributed by atoms with Crippen LogP contribution in [-0.2, 0) is 4.79 Å². The summed E-state index contributed by atoms with van der Waals surface area (Å²) >= 11 is 0. The largest absolute Gasteiger partial charge is 0.481 e. The summed E-state index contributed by atoms with van der Waals surface area (Å²) < 4.78 is 0. The van der Waals surface area contributed by atoms with Crippen LogP contribution in [0.5, 0.6) is 0 Å². The van der Waals surface area contributed by atoms with Crippen molar-refractivity contribution in [2.45, 2.75) is 44.0 Å². The van der Waals surface area contributed by atoms with Crippen molar-refractivity contribution in [3.05, 3.63) is 43.0 Å². The van der Waals surface area contributed by atoms with Crippen LogP contribution in [0.25, 0.3) is 0 Å². The van der Waals surface area contributed by atoms with E-state index in [1.54, 1.807) is 6.08 Å². The molecule has 4 heteroatoms. The van der Waals surface area contributed by atoms with Crippen molar-refractivity contribution in [3.8, 4) is 0 Å². The van der Waals surface area contributed by atoms with Crippen LogP contribution in [0.2, 0.25) is 13.1 Å². The minimum Gasteiger partial charge on any atom is -0.481 e. The number of aliphatic carboxylic acids is 1. The topological polar surface area (TPSA) is 57.5 Å². The quantitative estimate of drug-likeness (QED) is 0.572. The van der Waals surface area contributed by atoms with E-state index in [4.69, 9.17) is 5.11 Å². The predicted octanol–water partition coefficient (Wildman–Crippen LogP) is 2.70. The van der Waals surface area contributed by atoms with Gasteiger partial charge in [-0.25, -0.2) is 0 Å². The Morgan fingerprint density at radius 1 is 1.35 bits per heavy atom. The van der Waals surface area contributed by atoms with Gasteiger partial charge in [0.15, 0.2) is 0 Å². The van der Waals surface area contributed by atoms with Crippen LogP contribution in [0.3, 0.4) is 0 Å². The highest BCUT2D eigenvalue weighted by Crippen LogP contribution is 2.30. The molecule has 1 aromatic rings. The molecule has 1 unspecified atom stereocenters. The molecule has 3 nitrogen and oxygen atoms in total. The Labute approximate surface area is 122 Å². The molecule has 1 atom stereocenters. The van der Waals surface area contributed by atoms with Gasteiger partial charge in [0, 0.05) is 6.42 Å².